The molecule has 0 aromatic rings. The van der Waals surface area contributed by atoms with E-state index in [0.29, 0.717) is 0 Å². The fourth-order valence-corrected chi connectivity index (χ4v) is 1.10. The Balaban J connectivity index is 2.19. The zero-order chi connectivity index (χ0) is 7.72. The maximum Gasteiger partial charge on any atom is 0.188 e. The quantitative estimate of drug-likeness (QED) is 0.434. The minimum atomic E-state index is 0.180. The molecule has 0 heterocycles. The fourth-order valence-electron chi connectivity index (χ4n) is 1.10. The molecule has 1 rings (SSSR count). The number of nitrogens with two attached hydrogens (primary N) is 1. The van der Waals surface area contributed by atoms with Crippen LogP contribution in [0.15, 0.2) is 0 Å². The third kappa shape index (κ3) is 1.62. The van der Waals surface area contributed by atoms with Crippen molar-refractivity contribution in [3.63, 3.8) is 0 Å². The second kappa shape index (κ2) is 2.48. The second-order valence-corrected chi connectivity index (χ2v) is 3.24. The predicted octanol–water partition coefficient (Wildman–Crippen LogP) is 0.468. The number of hydrogen-bond donors (Lipinski definition) is 2. The van der Waals surface area contributed by atoms with Gasteiger partial charge in [-0.25, -0.2) is 0 Å². The van der Waals surface area contributed by atoms with E-state index in [1.165, 1.54) is 6.42 Å². The first kappa shape index (κ1) is 7.38. The zero-order valence-corrected chi connectivity index (χ0v) is 6.59. The Bertz CT molecular complexity index is 144. The summed E-state index contributed by atoms with van der Waals surface area (Å²) in [4.78, 5) is 1.80. The van der Waals surface area contributed by atoms with Crippen LogP contribution in [0.3, 0.4) is 0 Å². The lowest BCUT2D eigenvalue weighted by atomic mass is 10.3. The number of rotatable bonds is 2. The largest absolute Gasteiger partial charge is 0.370 e. The number of nitrogens with one attached hydrogen (secondary N) is 1. The van der Waals surface area contributed by atoms with Gasteiger partial charge in [0.1, 0.15) is 0 Å². The first-order chi connectivity index (χ1) is 4.61. The Hall–Kier alpha value is -0.730. The van der Waals surface area contributed by atoms with Gasteiger partial charge in [0.05, 0.1) is 0 Å². The fraction of sp³-hybridized carbons (Fsp3) is 0.857. The van der Waals surface area contributed by atoms with Crippen LogP contribution in [0.1, 0.15) is 13.3 Å². The Kier molecular flexibility index (Phi) is 1.83. The molecular weight excluding hydrogens is 126 g/mol. The molecule has 1 aliphatic carbocycles. The van der Waals surface area contributed by atoms with Gasteiger partial charge in [-0.05, 0) is 18.3 Å². The maximum atomic E-state index is 7.09. The first-order valence-electron chi connectivity index (χ1n) is 3.66. The molecule has 1 aliphatic rings. The lowest BCUT2D eigenvalue weighted by Gasteiger charge is -2.15. The highest BCUT2D eigenvalue weighted by Crippen LogP contribution is 2.37. The van der Waals surface area contributed by atoms with Crippen LogP contribution in [0.2, 0.25) is 0 Å². The van der Waals surface area contributed by atoms with Crippen molar-refractivity contribution < 1.29 is 0 Å². The van der Waals surface area contributed by atoms with Gasteiger partial charge < -0.3 is 10.6 Å². The van der Waals surface area contributed by atoms with E-state index in [9.17, 15) is 0 Å². The molecule has 2 atom stereocenters. The molecule has 2 unspecified atom stereocenters. The molecule has 3 N–H and O–H groups in total. The van der Waals surface area contributed by atoms with E-state index >= 15 is 0 Å². The summed E-state index contributed by atoms with van der Waals surface area (Å²) in [6.45, 7) is 3.19. The molecule has 0 amide bonds. The highest BCUT2D eigenvalue weighted by Gasteiger charge is 2.33. The van der Waals surface area contributed by atoms with Gasteiger partial charge in [0, 0.05) is 13.6 Å². The van der Waals surface area contributed by atoms with Crippen LogP contribution >= 0.6 is 0 Å². The van der Waals surface area contributed by atoms with Crippen LogP contribution in [-0.4, -0.2) is 24.5 Å². The van der Waals surface area contributed by atoms with Gasteiger partial charge in [0.25, 0.3) is 0 Å². The summed E-state index contributed by atoms with van der Waals surface area (Å²) in [6, 6.07) is 0. The van der Waals surface area contributed by atoms with Crippen LogP contribution in [0, 0.1) is 17.2 Å². The topological polar surface area (TPSA) is 53.1 Å². The Morgan fingerprint density at radius 2 is 2.30 bits per heavy atom. The molecule has 0 radical (unpaired) electrons. The minimum absolute atomic E-state index is 0.180. The van der Waals surface area contributed by atoms with Crippen molar-refractivity contribution in [1.29, 1.82) is 5.41 Å². The SMILES string of the molecule is CC1CC1CN(C)C(=N)N. The molecule has 0 aromatic carbocycles. The summed E-state index contributed by atoms with van der Waals surface area (Å²) in [5, 5.41) is 7.09. The van der Waals surface area contributed by atoms with Crippen LogP contribution in [-0.2, 0) is 0 Å². The summed E-state index contributed by atoms with van der Waals surface area (Å²) in [5.74, 6) is 1.81. The highest BCUT2D eigenvalue weighted by molar-refractivity contribution is 5.74. The summed E-state index contributed by atoms with van der Waals surface area (Å²) in [6.07, 6.45) is 1.30. The van der Waals surface area contributed by atoms with Crippen molar-refractivity contribution in [3.05, 3.63) is 0 Å². The predicted molar refractivity (Wildman–Crippen MR) is 41.8 cm³/mol. The van der Waals surface area contributed by atoms with E-state index in [2.05, 4.69) is 6.92 Å². The molecule has 0 aliphatic heterocycles. The normalized spacial score (nSPS) is 29.8. The number of guanidine groups is 1. The Labute approximate surface area is 61.7 Å². The van der Waals surface area contributed by atoms with E-state index in [-0.39, 0.29) is 5.96 Å². The monoisotopic (exact) mass is 141 g/mol. The third-order valence-corrected chi connectivity index (χ3v) is 2.20. The van der Waals surface area contributed by atoms with Crippen molar-refractivity contribution in [2.75, 3.05) is 13.6 Å². The molecule has 1 fully saturated rings. The van der Waals surface area contributed by atoms with Crippen LogP contribution in [0.25, 0.3) is 0 Å². The molecule has 0 saturated heterocycles. The van der Waals surface area contributed by atoms with E-state index in [1.807, 2.05) is 7.05 Å². The van der Waals surface area contributed by atoms with Crippen molar-refractivity contribution >= 4 is 5.96 Å². The molecule has 0 bridgehead atoms. The summed E-state index contributed by atoms with van der Waals surface area (Å²) < 4.78 is 0. The number of hydrogen-bond acceptors (Lipinski definition) is 1. The van der Waals surface area contributed by atoms with E-state index in [1.54, 1.807) is 4.90 Å². The summed E-state index contributed by atoms with van der Waals surface area (Å²) in [5.41, 5.74) is 5.27. The average Bonchev–Trinajstić information content (AvgIpc) is 2.46. The average molecular weight is 141 g/mol. The van der Waals surface area contributed by atoms with Gasteiger partial charge in [0.2, 0.25) is 0 Å². The van der Waals surface area contributed by atoms with Crippen molar-refractivity contribution in [2.45, 2.75) is 13.3 Å². The van der Waals surface area contributed by atoms with E-state index in [4.69, 9.17) is 11.1 Å². The van der Waals surface area contributed by atoms with Gasteiger partial charge in [-0.15, -0.1) is 0 Å². The van der Waals surface area contributed by atoms with Crippen molar-refractivity contribution in [2.24, 2.45) is 17.6 Å². The molecule has 3 nitrogen and oxygen atoms in total. The number of nitrogens with zero attached hydrogens (tertiary/aromatic N) is 1. The summed E-state index contributed by atoms with van der Waals surface area (Å²) in [7, 11) is 1.87. The lowest BCUT2D eigenvalue weighted by Crippen LogP contribution is -2.34. The molecule has 0 spiro atoms. The van der Waals surface area contributed by atoms with Crippen LogP contribution in [0.5, 0.6) is 0 Å². The Morgan fingerprint density at radius 1 is 1.80 bits per heavy atom. The van der Waals surface area contributed by atoms with E-state index in [0.717, 1.165) is 18.4 Å². The van der Waals surface area contributed by atoms with Crippen molar-refractivity contribution in [3.8, 4) is 0 Å². The maximum absolute atomic E-state index is 7.09. The second-order valence-electron chi connectivity index (χ2n) is 3.24. The van der Waals surface area contributed by atoms with Crippen molar-refractivity contribution in [1.82, 2.24) is 4.90 Å². The van der Waals surface area contributed by atoms with E-state index < -0.39 is 0 Å². The molecular formula is C7H15N3. The van der Waals surface area contributed by atoms with Crippen LogP contribution < -0.4 is 5.73 Å². The molecule has 10 heavy (non-hydrogen) atoms. The van der Waals surface area contributed by atoms with Gasteiger partial charge in [-0.3, -0.25) is 5.41 Å². The Morgan fingerprint density at radius 3 is 2.60 bits per heavy atom. The van der Waals surface area contributed by atoms with Gasteiger partial charge >= 0.3 is 0 Å². The van der Waals surface area contributed by atoms with Gasteiger partial charge in [-0.2, -0.15) is 0 Å². The molecule has 1 saturated carbocycles. The summed E-state index contributed by atoms with van der Waals surface area (Å²) >= 11 is 0. The standard InChI is InChI=1S/C7H15N3/c1-5-3-6(5)4-10(2)7(8)9/h5-6H,3-4H2,1-2H3,(H3,8,9). The molecule has 3 heteroatoms. The van der Waals surface area contributed by atoms with Gasteiger partial charge in [-0.1, -0.05) is 6.92 Å². The highest BCUT2D eigenvalue weighted by atomic mass is 15.2. The smallest absolute Gasteiger partial charge is 0.188 e. The zero-order valence-electron chi connectivity index (χ0n) is 6.59. The van der Waals surface area contributed by atoms with Gasteiger partial charge in [0.15, 0.2) is 5.96 Å². The molecule has 58 valence electrons. The first-order valence-corrected chi connectivity index (χ1v) is 3.66. The third-order valence-electron chi connectivity index (χ3n) is 2.20. The minimum Gasteiger partial charge on any atom is -0.370 e. The lowest BCUT2D eigenvalue weighted by molar-refractivity contribution is 0.455. The molecule has 0 aromatic heterocycles. The van der Waals surface area contributed by atoms with Crippen LogP contribution in [0.4, 0.5) is 0 Å².